The van der Waals surface area contributed by atoms with Crippen LogP contribution >= 0.6 is 11.6 Å². The Hall–Kier alpha value is -1.22. The molecular weight excluding hydrogens is 236 g/mol. The lowest BCUT2D eigenvalue weighted by molar-refractivity contribution is -0.122. The lowest BCUT2D eigenvalue weighted by atomic mass is 9.85. The molecule has 4 heteroatoms. The number of hydrogen-bond donors (Lipinski definition) is 1. The maximum atomic E-state index is 11.9. The molecule has 0 bridgehead atoms. The first-order valence-corrected chi connectivity index (χ1v) is 6.23. The highest BCUT2D eigenvalue weighted by molar-refractivity contribution is 6.31. The first kappa shape index (κ1) is 12.2. The van der Waals surface area contributed by atoms with Crippen molar-refractivity contribution in [2.45, 2.75) is 19.3 Å². The highest BCUT2D eigenvalue weighted by Crippen LogP contribution is 2.31. The van der Waals surface area contributed by atoms with E-state index in [-0.39, 0.29) is 11.8 Å². The number of carbonyl (C=O) groups excluding carboxylic acids is 1. The standard InChI is InChI=1S/C13H17ClN2O/c1-16(2)12-7-6-10(14)8-11(12)15-13(17)9-4-3-5-9/h6-9H,3-5H2,1-2H3,(H,15,17). The van der Waals surface area contributed by atoms with E-state index in [2.05, 4.69) is 5.32 Å². The molecule has 1 saturated carbocycles. The summed E-state index contributed by atoms with van der Waals surface area (Å²) in [5.41, 5.74) is 1.77. The lowest BCUT2D eigenvalue weighted by Crippen LogP contribution is -2.28. The van der Waals surface area contributed by atoms with Gasteiger partial charge in [-0.05, 0) is 31.0 Å². The fraction of sp³-hybridized carbons (Fsp3) is 0.462. The van der Waals surface area contributed by atoms with Gasteiger partial charge in [-0.3, -0.25) is 4.79 Å². The normalized spacial score (nSPS) is 15.2. The molecule has 0 atom stereocenters. The van der Waals surface area contributed by atoms with E-state index in [4.69, 9.17) is 11.6 Å². The second-order valence-electron chi connectivity index (χ2n) is 4.67. The van der Waals surface area contributed by atoms with Gasteiger partial charge in [0.15, 0.2) is 0 Å². The average molecular weight is 253 g/mol. The first-order valence-electron chi connectivity index (χ1n) is 5.85. The van der Waals surface area contributed by atoms with Crippen molar-refractivity contribution in [3.05, 3.63) is 23.2 Å². The monoisotopic (exact) mass is 252 g/mol. The summed E-state index contributed by atoms with van der Waals surface area (Å²) in [4.78, 5) is 13.9. The van der Waals surface area contributed by atoms with Crippen molar-refractivity contribution in [1.82, 2.24) is 0 Å². The molecule has 0 aromatic heterocycles. The summed E-state index contributed by atoms with van der Waals surface area (Å²) in [5, 5.41) is 3.61. The van der Waals surface area contributed by atoms with Crippen LogP contribution in [0.4, 0.5) is 11.4 Å². The molecule has 1 N–H and O–H groups in total. The Labute approximate surface area is 107 Å². The van der Waals surface area contributed by atoms with Gasteiger partial charge in [0.1, 0.15) is 0 Å². The molecule has 1 amide bonds. The fourth-order valence-corrected chi connectivity index (χ4v) is 2.08. The van der Waals surface area contributed by atoms with Crippen LogP contribution in [0, 0.1) is 5.92 Å². The molecule has 1 aromatic carbocycles. The predicted octanol–water partition coefficient (Wildman–Crippen LogP) is 3.14. The number of halogens is 1. The van der Waals surface area contributed by atoms with E-state index in [1.54, 1.807) is 6.07 Å². The number of nitrogens with one attached hydrogen (secondary N) is 1. The van der Waals surface area contributed by atoms with E-state index >= 15 is 0 Å². The number of benzene rings is 1. The van der Waals surface area contributed by atoms with E-state index in [0.717, 1.165) is 30.6 Å². The third-order valence-electron chi connectivity index (χ3n) is 3.17. The van der Waals surface area contributed by atoms with Gasteiger partial charge in [0.05, 0.1) is 11.4 Å². The minimum atomic E-state index is 0.113. The quantitative estimate of drug-likeness (QED) is 0.896. The van der Waals surface area contributed by atoms with Gasteiger partial charge in [-0.1, -0.05) is 18.0 Å². The molecule has 1 aromatic rings. The molecule has 0 radical (unpaired) electrons. The minimum Gasteiger partial charge on any atom is -0.376 e. The van der Waals surface area contributed by atoms with Crippen LogP contribution in [0.2, 0.25) is 5.02 Å². The summed E-state index contributed by atoms with van der Waals surface area (Å²) in [6.45, 7) is 0. The molecule has 0 heterocycles. The van der Waals surface area contributed by atoms with Crippen LogP contribution in [-0.2, 0) is 4.79 Å². The van der Waals surface area contributed by atoms with Crippen LogP contribution in [0.15, 0.2) is 18.2 Å². The van der Waals surface area contributed by atoms with Crippen LogP contribution in [0.5, 0.6) is 0 Å². The smallest absolute Gasteiger partial charge is 0.227 e. The molecule has 1 aliphatic carbocycles. The Kier molecular flexibility index (Phi) is 3.57. The highest BCUT2D eigenvalue weighted by atomic mass is 35.5. The number of carbonyl (C=O) groups is 1. The zero-order valence-electron chi connectivity index (χ0n) is 10.2. The topological polar surface area (TPSA) is 32.3 Å². The second kappa shape index (κ2) is 4.96. The zero-order valence-corrected chi connectivity index (χ0v) is 10.9. The van der Waals surface area contributed by atoms with Crippen molar-refractivity contribution < 1.29 is 4.79 Å². The van der Waals surface area contributed by atoms with E-state index < -0.39 is 0 Å². The number of amides is 1. The Bertz CT molecular complexity index is 427. The summed E-state index contributed by atoms with van der Waals surface area (Å²) in [5.74, 6) is 0.297. The number of anilines is 2. The molecule has 0 spiro atoms. The predicted molar refractivity (Wildman–Crippen MR) is 71.7 cm³/mol. The van der Waals surface area contributed by atoms with Crippen LogP contribution < -0.4 is 10.2 Å². The third-order valence-corrected chi connectivity index (χ3v) is 3.41. The van der Waals surface area contributed by atoms with Gasteiger partial charge in [-0.2, -0.15) is 0 Å². The summed E-state index contributed by atoms with van der Waals surface area (Å²) < 4.78 is 0. The molecule has 2 rings (SSSR count). The van der Waals surface area contributed by atoms with Gasteiger partial charge in [0.2, 0.25) is 5.91 Å². The fourth-order valence-electron chi connectivity index (χ4n) is 1.90. The molecule has 0 saturated heterocycles. The average Bonchev–Trinajstić information content (AvgIpc) is 2.13. The van der Waals surface area contributed by atoms with Gasteiger partial charge in [-0.15, -0.1) is 0 Å². The Morgan fingerprint density at radius 1 is 1.41 bits per heavy atom. The van der Waals surface area contributed by atoms with Crippen molar-refractivity contribution in [3.63, 3.8) is 0 Å². The van der Waals surface area contributed by atoms with Crippen molar-refractivity contribution in [3.8, 4) is 0 Å². The summed E-state index contributed by atoms with van der Waals surface area (Å²) in [6, 6.07) is 5.54. The largest absolute Gasteiger partial charge is 0.376 e. The number of nitrogens with zero attached hydrogens (tertiary/aromatic N) is 1. The highest BCUT2D eigenvalue weighted by Gasteiger charge is 2.25. The van der Waals surface area contributed by atoms with Gasteiger partial charge in [0, 0.05) is 25.0 Å². The molecule has 1 aliphatic rings. The maximum absolute atomic E-state index is 11.9. The summed E-state index contributed by atoms with van der Waals surface area (Å²) >= 11 is 5.96. The molecule has 3 nitrogen and oxygen atoms in total. The van der Waals surface area contributed by atoms with Crippen molar-refractivity contribution in [2.75, 3.05) is 24.3 Å². The van der Waals surface area contributed by atoms with Crippen LogP contribution in [0.25, 0.3) is 0 Å². The van der Waals surface area contributed by atoms with Crippen LogP contribution in [-0.4, -0.2) is 20.0 Å². The summed E-state index contributed by atoms with van der Waals surface area (Å²) in [7, 11) is 3.89. The molecule has 0 unspecified atom stereocenters. The molecule has 17 heavy (non-hydrogen) atoms. The van der Waals surface area contributed by atoms with E-state index in [1.807, 2.05) is 31.1 Å². The SMILES string of the molecule is CN(C)c1ccc(Cl)cc1NC(=O)C1CCC1. The van der Waals surface area contributed by atoms with Crippen molar-refractivity contribution in [1.29, 1.82) is 0 Å². The van der Waals surface area contributed by atoms with Gasteiger partial charge < -0.3 is 10.2 Å². The third kappa shape index (κ3) is 2.72. The maximum Gasteiger partial charge on any atom is 0.227 e. The Morgan fingerprint density at radius 3 is 2.65 bits per heavy atom. The van der Waals surface area contributed by atoms with Crippen molar-refractivity contribution >= 4 is 28.9 Å². The number of hydrogen-bond acceptors (Lipinski definition) is 2. The Morgan fingerprint density at radius 2 is 2.12 bits per heavy atom. The molecule has 1 fully saturated rings. The van der Waals surface area contributed by atoms with Gasteiger partial charge >= 0.3 is 0 Å². The lowest BCUT2D eigenvalue weighted by Gasteiger charge is -2.25. The molecular formula is C13H17ClN2O. The van der Waals surface area contributed by atoms with E-state index in [1.165, 1.54) is 0 Å². The van der Waals surface area contributed by atoms with Gasteiger partial charge in [0.25, 0.3) is 0 Å². The number of rotatable bonds is 3. The molecule has 0 aliphatic heterocycles. The first-order chi connectivity index (χ1) is 8.08. The zero-order chi connectivity index (χ0) is 12.4. The summed E-state index contributed by atoms with van der Waals surface area (Å²) in [6.07, 6.45) is 3.17. The van der Waals surface area contributed by atoms with E-state index in [9.17, 15) is 4.79 Å². The van der Waals surface area contributed by atoms with Gasteiger partial charge in [-0.25, -0.2) is 0 Å². The second-order valence-corrected chi connectivity index (χ2v) is 5.11. The van der Waals surface area contributed by atoms with E-state index in [0.29, 0.717) is 5.02 Å². The molecule has 92 valence electrons. The van der Waals surface area contributed by atoms with Crippen LogP contribution in [0.3, 0.4) is 0 Å². The van der Waals surface area contributed by atoms with Crippen LogP contribution in [0.1, 0.15) is 19.3 Å². The minimum absolute atomic E-state index is 0.113. The Balaban J connectivity index is 2.17. The van der Waals surface area contributed by atoms with Crippen molar-refractivity contribution in [2.24, 2.45) is 5.92 Å².